The fourth-order valence-corrected chi connectivity index (χ4v) is 7.84. The predicted octanol–water partition coefficient (Wildman–Crippen LogP) is 1.86. The van der Waals surface area contributed by atoms with Gasteiger partial charge < -0.3 is 10.1 Å². The Labute approximate surface area is 169 Å². The number of hydrogen-bond donors (Lipinski definition) is 1. The molecule has 1 heterocycles. The van der Waals surface area contributed by atoms with Gasteiger partial charge in [-0.05, 0) is 39.0 Å². The van der Waals surface area contributed by atoms with Crippen molar-refractivity contribution >= 4 is 48.8 Å². The zero-order chi connectivity index (χ0) is 20.6. The number of halogens is 2. The number of hydrogen-bond acceptors (Lipinski definition) is 7. The molecule has 1 aliphatic heterocycles. The average molecular weight is 458 g/mol. The van der Waals surface area contributed by atoms with Crippen molar-refractivity contribution in [2.75, 3.05) is 18.1 Å². The van der Waals surface area contributed by atoms with Crippen LogP contribution in [0.3, 0.4) is 0 Å². The first kappa shape index (κ1) is 22.4. The van der Waals surface area contributed by atoms with Crippen molar-refractivity contribution in [2.45, 2.75) is 42.6 Å². The van der Waals surface area contributed by atoms with Crippen LogP contribution in [0.2, 0.25) is 10.0 Å². The molecule has 1 saturated heterocycles. The van der Waals surface area contributed by atoms with Crippen molar-refractivity contribution in [3.63, 3.8) is 0 Å². The molecule has 7 nitrogen and oxygen atoms in total. The van der Waals surface area contributed by atoms with Gasteiger partial charge in [0, 0.05) is 6.04 Å². The number of benzene rings is 1. The zero-order valence-corrected chi connectivity index (χ0v) is 18.2. The van der Waals surface area contributed by atoms with Crippen molar-refractivity contribution < 1.29 is 26.4 Å². The lowest BCUT2D eigenvalue weighted by Crippen LogP contribution is -2.46. The monoisotopic (exact) mass is 457 g/mol. The van der Waals surface area contributed by atoms with E-state index in [-0.39, 0.29) is 27.2 Å². The van der Waals surface area contributed by atoms with Crippen LogP contribution in [0.4, 0.5) is 0 Å². The molecule has 0 unspecified atom stereocenters. The van der Waals surface area contributed by atoms with Crippen LogP contribution in [0.5, 0.6) is 0 Å². The summed E-state index contributed by atoms with van der Waals surface area (Å²) < 4.78 is 55.2. The third-order valence-corrected chi connectivity index (χ3v) is 8.73. The van der Waals surface area contributed by atoms with Gasteiger partial charge in [-0.3, -0.25) is 4.79 Å². The standard InChI is InChI=1S/C16H21Cl2NO6S2/c1-16(2,3)25-15(20)7-19-13-8-26(21,22)9-14(13)27(23,24)10-4-5-11(17)12(18)6-10/h4-6,13-14,19H,7-9H2,1-3H3/t13-,14-/m0/s1. The fourth-order valence-electron chi connectivity index (χ4n) is 2.73. The second kappa shape index (κ2) is 7.87. The Balaban J connectivity index is 2.24. The number of ether oxygens (including phenoxy) is 1. The van der Waals surface area contributed by atoms with Crippen molar-refractivity contribution in [1.82, 2.24) is 5.32 Å². The van der Waals surface area contributed by atoms with Crippen molar-refractivity contribution in [3.8, 4) is 0 Å². The molecule has 0 amide bonds. The molecule has 11 heteroatoms. The minimum Gasteiger partial charge on any atom is -0.459 e. The summed E-state index contributed by atoms with van der Waals surface area (Å²) in [5, 5.41) is 1.71. The maximum atomic E-state index is 12.9. The average Bonchev–Trinajstić information content (AvgIpc) is 2.82. The van der Waals surface area contributed by atoms with Crippen LogP contribution in [0.1, 0.15) is 20.8 Å². The SMILES string of the molecule is CC(C)(C)OC(=O)CN[C@H]1CS(=O)(=O)C[C@@H]1S(=O)(=O)c1ccc(Cl)c(Cl)c1. The molecule has 2 atom stereocenters. The van der Waals surface area contributed by atoms with Gasteiger partial charge in [0.15, 0.2) is 19.7 Å². The van der Waals surface area contributed by atoms with E-state index < -0.39 is 48.3 Å². The van der Waals surface area contributed by atoms with Crippen molar-refractivity contribution in [1.29, 1.82) is 0 Å². The Morgan fingerprint density at radius 3 is 2.41 bits per heavy atom. The smallest absolute Gasteiger partial charge is 0.320 e. The summed E-state index contributed by atoms with van der Waals surface area (Å²) in [5.74, 6) is -1.53. The Morgan fingerprint density at radius 2 is 1.85 bits per heavy atom. The van der Waals surface area contributed by atoms with Gasteiger partial charge in [-0.15, -0.1) is 0 Å². The molecule has 0 bridgehead atoms. The van der Waals surface area contributed by atoms with Crippen molar-refractivity contribution in [2.24, 2.45) is 0 Å². The molecule has 1 fully saturated rings. The van der Waals surface area contributed by atoms with Crippen LogP contribution < -0.4 is 5.32 Å². The van der Waals surface area contributed by atoms with E-state index in [1.165, 1.54) is 18.2 Å². The van der Waals surface area contributed by atoms with E-state index in [1.54, 1.807) is 20.8 Å². The Morgan fingerprint density at radius 1 is 1.22 bits per heavy atom. The lowest BCUT2D eigenvalue weighted by Gasteiger charge is -2.22. The van der Waals surface area contributed by atoms with Crippen LogP contribution in [0.25, 0.3) is 0 Å². The molecule has 0 aliphatic carbocycles. The molecule has 0 saturated carbocycles. The van der Waals surface area contributed by atoms with Gasteiger partial charge in [0.1, 0.15) is 5.60 Å². The molecule has 152 valence electrons. The van der Waals surface area contributed by atoms with E-state index in [4.69, 9.17) is 27.9 Å². The second-order valence-electron chi connectivity index (χ2n) is 7.31. The summed E-state index contributed by atoms with van der Waals surface area (Å²) >= 11 is 11.7. The van der Waals surface area contributed by atoms with Gasteiger partial charge in [0.2, 0.25) is 0 Å². The van der Waals surface area contributed by atoms with E-state index in [0.29, 0.717) is 0 Å². The maximum Gasteiger partial charge on any atom is 0.320 e. The third-order valence-electron chi connectivity index (χ3n) is 3.85. The maximum absolute atomic E-state index is 12.9. The molecule has 1 aromatic carbocycles. The number of sulfone groups is 2. The van der Waals surface area contributed by atoms with Crippen molar-refractivity contribution in [3.05, 3.63) is 28.2 Å². The van der Waals surface area contributed by atoms with Crippen LogP contribution in [0.15, 0.2) is 23.1 Å². The van der Waals surface area contributed by atoms with E-state index in [2.05, 4.69) is 5.32 Å². The van der Waals surface area contributed by atoms with Gasteiger partial charge in [0.25, 0.3) is 0 Å². The van der Waals surface area contributed by atoms with E-state index in [1.807, 2.05) is 0 Å². The number of nitrogens with one attached hydrogen (secondary N) is 1. The molecule has 0 aromatic heterocycles. The Hall–Kier alpha value is -0.870. The van der Waals surface area contributed by atoms with Gasteiger partial charge in [0.05, 0.1) is 38.2 Å². The van der Waals surface area contributed by atoms with Crippen LogP contribution in [-0.4, -0.2) is 57.7 Å². The highest BCUT2D eigenvalue weighted by Gasteiger charge is 2.46. The minimum atomic E-state index is -4.02. The highest BCUT2D eigenvalue weighted by molar-refractivity contribution is 7.96. The normalized spacial score (nSPS) is 22.6. The first-order chi connectivity index (χ1) is 12.2. The molecule has 27 heavy (non-hydrogen) atoms. The Bertz CT molecular complexity index is 938. The minimum absolute atomic E-state index is 0.0526. The van der Waals surface area contributed by atoms with Gasteiger partial charge in [-0.25, -0.2) is 16.8 Å². The summed E-state index contributed by atoms with van der Waals surface area (Å²) in [6.07, 6.45) is 0. The Kier molecular flexibility index (Phi) is 6.53. The lowest BCUT2D eigenvalue weighted by molar-refractivity contribution is -0.153. The number of carbonyl (C=O) groups is 1. The third kappa shape index (κ3) is 5.80. The van der Waals surface area contributed by atoms with Crippen LogP contribution >= 0.6 is 23.2 Å². The molecular formula is C16H21Cl2NO6S2. The second-order valence-corrected chi connectivity index (χ2v) is 12.4. The molecule has 1 aromatic rings. The lowest BCUT2D eigenvalue weighted by atomic mass is 10.2. The highest BCUT2D eigenvalue weighted by atomic mass is 35.5. The predicted molar refractivity (Wildman–Crippen MR) is 104 cm³/mol. The van der Waals surface area contributed by atoms with E-state index >= 15 is 0 Å². The summed E-state index contributed by atoms with van der Waals surface area (Å²) in [6, 6.07) is 2.86. The number of carbonyl (C=O) groups excluding carboxylic acids is 1. The summed E-state index contributed by atoms with van der Waals surface area (Å²) in [6.45, 7) is 4.79. The molecule has 1 aliphatic rings. The van der Waals surface area contributed by atoms with E-state index in [0.717, 1.165) is 0 Å². The largest absolute Gasteiger partial charge is 0.459 e. The molecule has 0 spiro atoms. The number of esters is 1. The van der Waals surface area contributed by atoms with E-state index in [9.17, 15) is 21.6 Å². The first-order valence-corrected chi connectivity index (χ1v) is 12.2. The molecule has 0 radical (unpaired) electrons. The summed E-state index contributed by atoms with van der Waals surface area (Å²) in [7, 11) is -7.61. The van der Waals surface area contributed by atoms with Crippen LogP contribution in [-0.2, 0) is 29.2 Å². The fraction of sp³-hybridized carbons (Fsp3) is 0.562. The molecular weight excluding hydrogens is 437 g/mol. The van der Waals surface area contributed by atoms with Gasteiger partial charge in [-0.1, -0.05) is 23.2 Å². The highest BCUT2D eigenvalue weighted by Crippen LogP contribution is 2.30. The molecule has 1 N–H and O–H groups in total. The molecule has 2 rings (SSSR count). The van der Waals surface area contributed by atoms with Crippen LogP contribution in [0, 0.1) is 0 Å². The number of rotatable bonds is 5. The summed E-state index contributed by atoms with van der Waals surface area (Å²) in [5.41, 5.74) is -0.702. The quantitative estimate of drug-likeness (QED) is 0.672. The van der Waals surface area contributed by atoms with Gasteiger partial charge in [-0.2, -0.15) is 0 Å². The first-order valence-electron chi connectivity index (χ1n) is 8.06. The topological polar surface area (TPSA) is 107 Å². The van der Waals surface area contributed by atoms with Gasteiger partial charge >= 0.3 is 5.97 Å². The zero-order valence-electron chi connectivity index (χ0n) is 15.0. The summed E-state index contributed by atoms with van der Waals surface area (Å²) in [4.78, 5) is 11.7.